The van der Waals surface area contributed by atoms with Crippen LogP contribution in [0.2, 0.25) is 0 Å². The van der Waals surface area contributed by atoms with Crippen LogP contribution in [-0.2, 0) is 0 Å². The van der Waals surface area contributed by atoms with Gasteiger partial charge in [0, 0.05) is 5.69 Å². The molecule has 1 aromatic heterocycles. The number of hydrogen-bond donors (Lipinski definition) is 2. The van der Waals surface area contributed by atoms with E-state index in [4.69, 9.17) is 9.84 Å². The molecule has 2 aromatic rings. The number of carbonyl (C=O) groups is 1. The predicted octanol–water partition coefficient (Wildman–Crippen LogP) is 3.41. The second kappa shape index (κ2) is 5.61. The first-order valence-electron chi connectivity index (χ1n) is 6.22. The van der Waals surface area contributed by atoms with Gasteiger partial charge >= 0.3 is 5.97 Å². The fourth-order valence-corrected chi connectivity index (χ4v) is 1.68. The van der Waals surface area contributed by atoms with E-state index < -0.39 is 5.97 Å². The number of rotatable bonds is 5. The van der Waals surface area contributed by atoms with Gasteiger partial charge in [0.15, 0.2) is 0 Å². The quantitative estimate of drug-likeness (QED) is 0.864. The molecule has 0 amide bonds. The molecule has 2 rings (SSSR count). The zero-order valence-corrected chi connectivity index (χ0v) is 11.0. The number of aromatic carboxylic acids is 1. The molecule has 0 atom stereocenters. The molecule has 0 radical (unpaired) electrons. The van der Waals surface area contributed by atoms with Crippen LogP contribution >= 0.6 is 0 Å². The molecule has 4 heteroatoms. The molecule has 1 heterocycles. The number of nitrogens with one attached hydrogen (secondary N) is 1. The largest absolute Gasteiger partial charge is 0.493 e. The molecule has 0 saturated carbocycles. The molecule has 19 heavy (non-hydrogen) atoms. The van der Waals surface area contributed by atoms with Crippen LogP contribution < -0.4 is 4.74 Å². The number of H-pyrrole nitrogens is 1. The highest BCUT2D eigenvalue weighted by molar-refractivity contribution is 5.86. The van der Waals surface area contributed by atoms with Crippen molar-refractivity contribution in [3.05, 3.63) is 42.1 Å². The third-order valence-corrected chi connectivity index (χ3v) is 2.67. The van der Waals surface area contributed by atoms with E-state index in [1.165, 1.54) is 0 Å². The van der Waals surface area contributed by atoms with Gasteiger partial charge in [0.2, 0.25) is 0 Å². The van der Waals surface area contributed by atoms with Gasteiger partial charge in [-0.3, -0.25) is 0 Å². The minimum absolute atomic E-state index is 0.190. The zero-order valence-electron chi connectivity index (χ0n) is 11.0. The topological polar surface area (TPSA) is 62.3 Å². The number of carboxylic acids is 1. The Hall–Kier alpha value is -2.23. The highest BCUT2D eigenvalue weighted by Gasteiger charge is 2.07. The van der Waals surface area contributed by atoms with Gasteiger partial charge < -0.3 is 14.8 Å². The van der Waals surface area contributed by atoms with Crippen LogP contribution in [0.1, 0.15) is 24.3 Å². The fourth-order valence-electron chi connectivity index (χ4n) is 1.68. The maximum atomic E-state index is 10.8. The van der Waals surface area contributed by atoms with Crippen molar-refractivity contribution in [1.29, 1.82) is 0 Å². The predicted molar refractivity (Wildman–Crippen MR) is 73.5 cm³/mol. The fraction of sp³-hybridized carbons (Fsp3) is 0.267. The zero-order chi connectivity index (χ0) is 13.8. The summed E-state index contributed by atoms with van der Waals surface area (Å²) in [6.07, 6.45) is 0. The number of hydrogen-bond acceptors (Lipinski definition) is 2. The van der Waals surface area contributed by atoms with E-state index in [0.717, 1.165) is 17.0 Å². The van der Waals surface area contributed by atoms with Crippen molar-refractivity contribution in [2.24, 2.45) is 5.92 Å². The molecule has 0 aliphatic heterocycles. The van der Waals surface area contributed by atoms with E-state index in [-0.39, 0.29) is 5.69 Å². The normalized spacial score (nSPS) is 10.7. The van der Waals surface area contributed by atoms with E-state index >= 15 is 0 Å². The summed E-state index contributed by atoms with van der Waals surface area (Å²) in [5.41, 5.74) is 1.91. The monoisotopic (exact) mass is 259 g/mol. The molecule has 0 saturated heterocycles. The van der Waals surface area contributed by atoms with Crippen molar-refractivity contribution in [2.45, 2.75) is 13.8 Å². The SMILES string of the molecule is CC(C)COc1ccc(-c2ccc(C(=O)O)[nH]2)cc1. The average molecular weight is 259 g/mol. The third kappa shape index (κ3) is 3.37. The molecular formula is C15H17NO3. The van der Waals surface area contributed by atoms with Crippen molar-refractivity contribution in [3.8, 4) is 17.0 Å². The first-order chi connectivity index (χ1) is 9.06. The van der Waals surface area contributed by atoms with Crippen molar-refractivity contribution >= 4 is 5.97 Å². The van der Waals surface area contributed by atoms with Gasteiger partial charge in [-0.25, -0.2) is 4.79 Å². The van der Waals surface area contributed by atoms with Crippen LogP contribution in [0.3, 0.4) is 0 Å². The molecular weight excluding hydrogens is 242 g/mol. The number of aromatic nitrogens is 1. The molecule has 100 valence electrons. The van der Waals surface area contributed by atoms with Gasteiger partial charge in [-0.1, -0.05) is 13.8 Å². The highest BCUT2D eigenvalue weighted by atomic mass is 16.5. The summed E-state index contributed by atoms with van der Waals surface area (Å²) in [6, 6.07) is 10.9. The number of benzene rings is 1. The molecule has 0 aliphatic rings. The van der Waals surface area contributed by atoms with Crippen LogP contribution in [0.4, 0.5) is 0 Å². The van der Waals surface area contributed by atoms with E-state index in [1.54, 1.807) is 12.1 Å². The van der Waals surface area contributed by atoms with Gasteiger partial charge in [0.25, 0.3) is 0 Å². The molecule has 0 bridgehead atoms. The van der Waals surface area contributed by atoms with Gasteiger partial charge in [0.05, 0.1) is 6.61 Å². The summed E-state index contributed by atoms with van der Waals surface area (Å²) in [5, 5.41) is 8.86. The average Bonchev–Trinajstić information content (AvgIpc) is 2.86. The maximum absolute atomic E-state index is 10.8. The lowest BCUT2D eigenvalue weighted by Gasteiger charge is -2.08. The summed E-state index contributed by atoms with van der Waals surface area (Å²) in [7, 11) is 0. The van der Waals surface area contributed by atoms with E-state index in [1.807, 2.05) is 24.3 Å². The Morgan fingerprint density at radius 2 is 1.89 bits per heavy atom. The maximum Gasteiger partial charge on any atom is 0.352 e. The molecule has 0 aliphatic carbocycles. The van der Waals surface area contributed by atoms with Gasteiger partial charge in [-0.05, 0) is 47.9 Å². The van der Waals surface area contributed by atoms with Crippen LogP contribution in [-0.4, -0.2) is 22.7 Å². The lowest BCUT2D eigenvalue weighted by molar-refractivity contribution is 0.0691. The summed E-state index contributed by atoms with van der Waals surface area (Å²) >= 11 is 0. The minimum atomic E-state index is -0.955. The van der Waals surface area contributed by atoms with Gasteiger partial charge in [0.1, 0.15) is 11.4 Å². The first-order valence-corrected chi connectivity index (χ1v) is 6.22. The van der Waals surface area contributed by atoms with Crippen LogP contribution in [0.25, 0.3) is 11.3 Å². The standard InChI is InChI=1S/C15H17NO3/c1-10(2)9-19-12-5-3-11(4-6-12)13-7-8-14(16-13)15(17)18/h3-8,10,16H,9H2,1-2H3,(H,17,18). The molecule has 2 N–H and O–H groups in total. The van der Waals surface area contributed by atoms with Crippen LogP contribution in [0.5, 0.6) is 5.75 Å². The summed E-state index contributed by atoms with van der Waals surface area (Å²) in [4.78, 5) is 13.7. The van der Waals surface area contributed by atoms with Crippen LogP contribution in [0.15, 0.2) is 36.4 Å². The summed E-state index contributed by atoms with van der Waals surface area (Å²) in [5.74, 6) is 0.354. The Morgan fingerprint density at radius 1 is 1.21 bits per heavy atom. The Morgan fingerprint density at radius 3 is 2.42 bits per heavy atom. The minimum Gasteiger partial charge on any atom is -0.493 e. The third-order valence-electron chi connectivity index (χ3n) is 2.67. The van der Waals surface area contributed by atoms with Gasteiger partial charge in [-0.15, -0.1) is 0 Å². The second-order valence-electron chi connectivity index (χ2n) is 4.82. The summed E-state index contributed by atoms with van der Waals surface area (Å²) < 4.78 is 5.60. The Kier molecular flexibility index (Phi) is 3.90. The van der Waals surface area contributed by atoms with Crippen molar-refractivity contribution in [2.75, 3.05) is 6.61 Å². The summed E-state index contributed by atoms with van der Waals surface area (Å²) in [6.45, 7) is 4.88. The van der Waals surface area contributed by atoms with Crippen molar-refractivity contribution < 1.29 is 14.6 Å². The second-order valence-corrected chi connectivity index (χ2v) is 4.82. The lowest BCUT2D eigenvalue weighted by atomic mass is 10.1. The molecule has 4 nitrogen and oxygen atoms in total. The Labute approximate surface area is 112 Å². The van der Waals surface area contributed by atoms with E-state index in [9.17, 15) is 4.79 Å². The van der Waals surface area contributed by atoms with Crippen molar-refractivity contribution in [3.63, 3.8) is 0 Å². The highest BCUT2D eigenvalue weighted by Crippen LogP contribution is 2.22. The van der Waals surface area contributed by atoms with E-state index in [0.29, 0.717) is 12.5 Å². The number of ether oxygens (including phenoxy) is 1. The van der Waals surface area contributed by atoms with E-state index in [2.05, 4.69) is 18.8 Å². The Bertz CT molecular complexity index is 555. The number of aromatic amines is 1. The molecule has 1 aromatic carbocycles. The Balaban J connectivity index is 2.10. The molecule has 0 unspecified atom stereocenters. The molecule has 0 spiro atoms. The van der Waals surface area contributed by atoms with Gasteiger partial charge in [-0.2, -0.15) is 0 Å². The lowest BCUT2D eigenvalue weighted by Crippen LogP contribution is -2.04. The van der Waals surface area contributed by atoms with Crippen LogP contribution in [0, 0.1) is 5.92 Å². The number of carboxylic acid groups (broad SMARTS) is 1. The molecule has 0 fully saturated rings. The van der Waals surface area contributed by atoms with Crippen molar-refractivity contribution in [1.82, 2.24) is 4.98 Å². The first kappa shape index (κ1) is 13.2. The smallest absolute Gasteiger partial charge is 0.352 e.